The molecule has 3 heteroatoms. The third-order valence-electron chi connectivity index (χ3n) is 7.34. The highest BCUT2D eigenvalue weighted by Crippen LogP contribution is 2.51. The van der Waals surface area contributed by atoms with E-state index < -0.39 is 0 Å². The normalized spacial score (nSPS) is 12.6. The minimum atomic E-state index is 1.31. The van der Waals surface area contributed by atoms with E-state index in [-0.39, 0.29) is 0 Å². The molecule has 0 nitrogen and oxygen atoms in total. The Morgan fingerprint density at radius 2 is 0.686 bits per heavy atom. The van der Waals surface area contributed by atoms with Gasteiger partial charge in [-0.1, -0.05) is 48.5 Å². The molecule has 9 rings (SSSR count). The Hall–Kier alpha value is -3.50. The van der Waals surface area contributed by atoms with Gasteiger partial charge in [0, 0.05) is 20.2 Å². The van der Waals surface area contributed by atoms with Crippen LogP contribution in [0.25, 0.3) is 82.1 Å². The molecule has 0 bridgehead atoms. The van der Waals surface area contributed by atoms with Crippen molar-refractivity contribution in [3.63, 3.8) is 0 Å². The quantitative estimate of drug-likeness (QED) is 0.183. The lowest BCUT2D eigenvalue weighted by Crippen LogP contribution is -1.76. The van der Waals surface area contributed by atoms with Crippen LogP contribution in [0.3, 0.4) is 0 Å². The lowest BCUT2D eigenvalue weighted by atomic mass is 10.0. The largest absolute Gasteiger partial charge is 0.133 e. The standard InChI is InChI=1S/C32H16S3/c1-3-7-19-11-23-15-27-25(13-21(23)9-17(19)5-1)29-31(33-27)32-30(35-29)26-14-22-10-18-6-2-4-8-20(18)12-24(22)16-28(26)34-32/h1-16H. The Morgan fingerprint density at radius 1 is 0.314 bits per heavy atom. The summed E-state index contributed by atoms with van der Waals surface area (Å²) >= 11 is 5.90. The van der Waals surface area contributed by atoms with Crippen LogP contribution in [0, 0.1) is 0 Å². The Labute approximate surface area is 212 Å². The molecule has 0 unspecified atom stereocenters. The molecule has 162 valence electrons. The molecule has 6 aromatic carbocycles. The summed E-state index contributed by atoms with van der Waals surface area (Å²) in [6.45, 7) is 0. The molecule has 0 aliphatic heterocycles. The summed E-state index contributed by atoms with van der Waals surface area (Å²) in [4.78, 5) is 0. The van der Waals surface area contributed by atoms with Gasteiger partial charge in [0.1, 0.15) is 0 Å². The molecule has 3 heterocycles. The van der Waals surface area contributed by atoms with Gasteiger partial charge in [0.15, 0.2) is 0 Å². The van der Waals surface area contributed by atoms with Crippen molar-refractivity contribution in [2.75, 3.05) is 0 Å². The van der Waals surface area contributed by atoms with Gasteiger partial charge in [0.2, 0.25) is 0 Å². The zero-order chi connectivity index (χ0) is 22.7. The highest BCUT2D eigenvalue weighted by atomic mass is 32.1. The SMILES string of the molecule is c1ccc2cc3cc4c(cc3cc2c1)sc1c4sc2c3cc4cc5ccccc5cc4cc3sc21. The number of thiophene rings is 3. The maximum absolute atomic E-state index is 2.42. The summed E-state index contributed by atoms with van der Waals surface area (Å²) in [5, 5.41) is 13.4. The van der Waals surface area contributed by atoms with Gasteiger partial charge in [0.05, 0.1) is 18.8 Å². The van der Waals surface area contributed by atoms with Gasteiger partial charge >= 0.3 is 0 Å². The first kappa shape index (κ1) is 18.8. The first-order valence-electron chi connectivity index (χ1n) is 11.7. The van der Waals surface area contributed by atoms with Crippen LogP contribution >= 0.6 is 34.0 Å². The molecule has 0 N–H and O–H groups in total. The van der Waals surface area contributed by atoms with Gasteiger partial charge in [-0.25, -0.2) is 0 Å². The van der Waals surface area contributed by atoms with E-state index in [1.807, 2.05) is 34.0 Å². The van der Waals surface area contributed by atoms with E-state index in [2.05, 4.69) is 97.1 Å². The molecule has 0 atom stereocenters. The highest BCUT2D eigenvalue weighted by Gasteiger charge is 2.18. The third kappa shape index (κ3) is 2.55. The molecule has 3 aromatic heterocycles. The summed E-state index contributed by atoms with van der Waals surface area (Å²) in [6.07, 6.45) is 0. The van der Waals surface area contributed by atoms with E-state index in [0.29, 0.717) is 0 Å². The molecule has 0 aliphatic carbocycles. The monoisotopic (exact) mass is 496 g/mol. The first-order valence-corrected chi connectivity index (χ1v) is 14.2. The fourth-order valence-corrected chi connectivity index (χ4v) is 9.93. The molecule has 0 fully saturated rings. The molecule has 0 saturated carbocycles. The van der Waals surface area contributed by atoms with E-state index in [9.17, 15) is 0 Å². The van der Waals surface area contributed by atoms with Gasteiger partial charge in [-0.2, -0.15) is 0 Å². The second-order valence-electron chi connectivity index (χ2n) is 9.41. The second-order valence-corrected chi connectivity index (χ2v) is 12.5. The lowest BCUT2D eigenvalue weighted by molar-refractivity contribution is 1.80. The average Bonchev–Trinajstić information content (AvgIpc) is 3.52. The number of hydrogen-bond donors (Lipinski definition) is 0. The predicted octanol–water partition coefficient (Wildman–Crippen LogP) is 11.1. The predicted molar refractivity (Wildman–Crippen MR) is 160 cm³/mol. The number of hydrogen-bond acceptors (Lipinski definition) is 3. The van der Waals surface area contributed by atoms with Gasteiger partial charge in [-0.3, -0.25) is 0 Å². The third-order valence-corrected chi connectivity index (χ3v) is 11.3. The second kappa shape index (κ2) is 6.58. The molecular formula is C32H16S3. The van der Waals surface area contributed by atoms with Crippen molar-refractivity contribution in [3.05, 3.63) is 97.1 Å². The molecule has 0 radical (unpaired) electrons. The fraction of sp³-hybridized carbons (Fsp3) is 0. The maximum atomic E-state index is 2.42. The van der Waals surface area contributed by atoms with Crippen LogP contribution in [-0.2, 0) is 0 Å². The highest BCUT2D eigenvalue weighted by molar-refractivity contribution is 7.43. The van der Waals surface area contributed by atoms with Crippen molar-refractivity contribution >= 4 is 116 Å². The zero-order valence-electron chi connectivity index (χ0n) is 18.5. The van der Waals surface area contributed by atoms with E-state index in [0.717, 1.165) is 0 Å². The van der Waals surface area contributed by atoms with Gasteiger partial charge in [0.25, 0.3) is 0 Å². The van der Waals surface area contributed by atoms with Crippen molar-refractivity contribution < 1.29 is 0 Å². The number of benzene rings is 6. The Morgan fingerprint density at radius 3 is 1.09 bits per heavy atom. The fourth-order valence-electron chi connectivity index (χ4n) is 5.63. The maximum Gasteiger partial charge on any atom is 0.0642 e. The molecule has 0 spiro atoms. The lowest BCUT2D eigenvalue weighted by Gasteiger charge is -2.03. The molecule has 0 aliphatic rings. The van der Waals surface area contributed by atoms with E-state index >= 15 is 0 Å². The zero-order valence-corrected chi connectivity index (χ0v) is 20.9. The average molecular weight is 497 g/mol. The van der Waals surface area contributed by atoms with E-state index in [4.69, 9.17) is 0 Å². The summed E-state index contributed by atoms with van der Waals surface area (Å²) < 4.78 is 8.59. The Balaban J connectivity index is 1.35. The summed E-state index contributed by atoms with van der Waals surface area (Å²) in [6, 6.07) is 36.3. The smallest absolute Gasteiger partial charge is 0.0642 e. The van der Waals surface area contributed by atoms with Gasteiger partial charge in [-0.15, -0.1) is 34.0 Å². The number of fused-ring (bicyclic) bond motifs is 11. The van der Waals surface area contributed by atoms with Crippen LogP contribution in [0.2, 0.25) is 0 Å². The topological polar surface area (TPSA) is 0 Å². The van der Waals surface area contributed by atoms with Crippen molar-refractivity contribution in [3.8, 4) is 0 Å². The Kier molecular flexibility index (Phi) is 3.53. The van der Waals surface area contributed by atoms with Gasteiger partial charge in [-0.05, 0) is 91.6 Å². The van der Waals surface area contributed by atoms with Crippen LogP contribution < -0.4 is 0 Å². The van der Waals surface area contributed by atoms with Crippen LogP contribution in [-0.4, -0.2) is 0 Å². The molecule has 0 amide bonds. The minimum absolute atomic E-state index is 1.31. The number of rotatable bonds is 0. The molecular weight excluding hydrogens is 481 g/mol. The molecule has 0 saturated heterocycles. The summed E-state index contributed by atoms with van der Waals surface area (Å²) in [5.74, 6) is 0. The minimum Gasteiger partial charge on any atom is -0.133 e. The van der Waals surface area contributed by atoms with Gasteiger partial charge < -0.3 is 0 Å². The van der Waals surface area contributed by atoms with Crippen molar-refractivity contribution in [1.82, 2.24) is 0 Å². The van der Waals surface area contributed by atoms with E-state index in [1.54, 1.807) is 0 Å². The van der Waals surface area contributed by atoms with Crippen LogP contribution in [0.5, 0.6) is 0 Å². The van der Waals surface area contributed by atoms with E-state index in [1.165, 1.54) is 82.1 Å². The van der Waals surface area contributed by atoms with Crippen LogP contribution in [0.15, 0.2) is 97.1 Å². The molecule has 35 heavy (non-hydrogen) atoms. The van der Waals surface area contributed by atoms with Crippen molar-refractivity contribution in [2.24, 2.45) is 0 Å². The molecule has 9 aromatic rings. The summed E-state index contributed by atoms with van der Waals surface area (Å²) in [7, 11) is 0. The van der Waals surface area contributed by atoms with Crippen LogP contribution in [0.1, 0.15) is 0 Å². The Bertz CT molecular complexity index is 2160. The van der Waals surface area contributed by atoms with Crippen LogP contribution in [0.4, 0.5) is 0 Å². The van der Waals surface area contributed by atoms with Crippen molar-refractivity contribution in [2.45, 2.75) is 0 Å². The summed E-state index contributed by atoms with van der Waals surface area (Å²) in [5.41, 5.74) is 0. The first-order chi connectivity index (χ1) is 17.3. The van der Waals surface area contributed by atoms with Crippen molar-refractivity contribution in [1.29, 1.82) is 0 Å².